The van der Waals surface area contributed by atoms with Gasteiger partial charge >= 0.3 is 0 Å². The van der Waals surface area contributed by atoms with Gasteiger partial charge in [-0.3, -0.25) is 19.5 Å². The Labute approximate surface area is 179 Å². The van der Waals surface area contributed by atoms with Gasteiger partial charge in [0.1, 0.15) is 5.82 Å². The summed E-state index contributed by atoms with van der Waals surface area (Å²) in [7, 11) is 0. The molecule has 0 aliphatic heterocycles. The van der Waals surface area contributed by atoms with Crippen LogP contribution in [0, 0.1) is 15.9 Å². The molecule has 0 unspecified atom stereocenters. The molecule has 3 aromatic carbocycles. The van der Waals surface area contributed by atoms with Crippen LogP contribution in [-0.2, 0) is 5.75 Å². The molecule has 9 heteroatoms. The number of halogens is 2. The van der Waals surface area contributed by atoms with Crippen LogP contribution in [0.5, 0.6) is 0 Å². The lowest BCUT2D eigenvalue weighted by molar-refractivity contribution is -0.384. The van der Waals surface area contributed by atoms with Gasteiger partial charge in [-0.05, 0) is 35.9 Å². The summed E-state index contributed by atoms with van der Waals surface area (Å²) in [6, 6.07) is 17.2. The second-order valence-electron chi connectivity index (χ2n) is 6.37. The fraction of sp³-hybridized carbons (Fsp3) is 0.0476. The van der Waals surface area contributed by atoms with Crippen molar-refractivity contribution in [3.8, 4) is 5.69 Å². The molecule has 0 bridgehead atoms. The van der Waals surface area contributed by atoms with Gasteiger partial charge in [0.15, 0.2) is 5.16 Å². The van der Waals surface area contributed by atoms with Crippen LogP contribution in [0.1, 0.15) is 5.56 Å². The van der Waals surface area contributed by atoms with Crippen LogP contribution in [0.25, 0.3) is 16.6 Å². The van der Waals surface area contributed by atoms with Gasteiger partial charge in [-0.15, -0.1) is 0 Å². The van der Waals surface area contributed by atoms with Crippen molar-refractivity contribution in [3.63, 3.8) is 0 Å². The Balaban J connectivity index is 1.81. The van der Waals surface area contributed by atoms with Crippen LogP contribution < -0.4 is 5.56 Å². The average Bonchev–Trinajstić information content (AvgIpc) is 2.75. The van der Waals surface area contributed by atoms with Gasteiger partial charge in [0.05, 0.1) is 26.5 Å². The van der Waals surface area contributed by atoms with Gasteiger partial charge in [-0.1, -0.05) is 47.6 Å². The lowest BCUT2D eigenvalue weighted by Crippen LogP contribution is -2.21. The zero-order valence-corrected chi connectivity index (χ0v) is 16.9. The summed E-state index contributed by atoms with van der Waals surface area (Å²) in [5.41, 5.74) is 1.28. The Morgan fingerprint density at radius 3 is 2.67 bits per heavy atom. The number of rotatable bonds is 5. The van der Waals surface area contributed by atoms with E-state index in [1.807, 2.05) is 0 Å². The van der Waals surface area contributed by atoms with Crippen LogP contribution in [-0.4, -0.2) is 14.5 Å². The van der Waals surface area contributed by atoms with Crippen molar-refractivity contribution in [1.29, 1.82) is 0 Å². The van der Waals surface area contributed by atoms with Crippen LogP contribution >= 0.6 is 23.4 Å². The molecule has 0 amide bonds. The van der Waals surface area contributed by atoms with Crippen molar-refractivity contribution in [2.45, 2.75) is 10.9 Å². The van der Waals surface area contributed by atoms with Crippen molar-refractivity contribution in [2.75, 3.05) is 0 Å². The summed E-state index contributed by atoms with van der Waals surface area (Å²) in [6.45, 7) is 0. The minimum absolute atomic E-state index is 0.0118. The zero-order chi connectivity index (χ0) is 21.3. The largest absolute Gasteiger partial charge is 0.269 e. The molecular weight excluding hydrogens is 429 g/mol. The Kier molecular flexibility index (Phi) is 5.52. The van der Waals surface area contributed by atoms with E-state index in [-0.39, 0.29) is 16.3 Å². The van der Waals surface area contributed by atoms with E-state index >= 15 is 0 Å². The molecule has 4 aromatic rings. The summed E-state index contributed by atoms with van der Waals surface area (Å²) < 4.78 is 15.0. The third-order valence-corrected chi connectivity index (χ3v) is 5.70. The molecule has 0 N–H and O–H groups in total. The molecule has 1 heterocycles. The SMILES string of the molecule is O=c1c2ccccc2nc(SCc2cccc([N+](=O)[O-])c2)n1-c1ccc(F)c(Cl)c1. The van der Waals surface area contributed by atoms with E-state index in [0.29, 0.717) is 33.1 Å². The second kappa shape index (κ2) is 8.25. The number of para-hydroxylation sites is 1. The molecule has 0 radical (unpaired) electrons. The maximum Gasteiger partial charge on any atom is 0.269 e. The number of nitro groups is 1. The van der Waals surface area contributed by atoms with Gasteiger partial charge < -0.3 is 0 Å². The van der Waals surface area contributed by atoms with Crippen LogP contribution in [0.15, 0.2) is 76.7 Å². The van der Waals surface area contributed by atoms with E-state index in [4.69, 9.17) is 11.6 Å². The molecule has 0 saturated heterocycles. The summed E-state index contributed by atoms with van der Waals surface area (Å²) in [4.78, 5) is 28.3. The lowest BCUT2D eigenvalue weighted by Gasteiger charge is -2.13. The third-order valence-electron chi connectivity index (χ3n) is 4.40. The minimum atomic E-state index is -0.590. The number of non-ortho nitro benzene ring substituents is 1. The molecule has 30 heavy (non-hydrogen) atoms. The molecule has 0 aliphatic carbocycles. The Morgan fingerprint density at radius 2 is 1.90 bits per heavy atom. The number of nitrogens with zero attached hydrogens (tertiary/aromatic N) is 3. The van der Waals surface area contributed by atoms with Crippen molar-refractivity contribution < 1.29 is 9.31 Å². The topological polar surface area (TPSA) is 78.0 Å². The number of hydrogen-bond donors (Lipinski definition) is 0. The smallest absolute Gasteiger partial charge is 0.268 e. The molecule has 1 aromatic heterocycles. The van der Waals surface area contributed by atoms with Crippen molar-refractivity contribution in [3.05, 3.63) is 104 Å². The lowest BCUT2D eigenvalue weighted by atomic mass is 10.2. The molecule has 150 valence electrons. The number of aromatic nitrogens is 2. The van der Waals surface area contributed by atoms with E-state index in [0.717, 1.165) is 0 Å². The van der Waals surface area contributed by atoms with Gasteiger partial charge in [0.25, 0.3) is 11.2 Å². The van der Waals surface area contributed by atoms with E-state index < -0.39 is 10.7 Å². The predicted octanol–water partition coefficient (Wildman–Crippen LogP) is 5.38. The Morgan fingerprint density at radius 1 is 1.10 bits per heavy atom. The average molecular weight is 442 g/mol. The zero-order valence-electron chi connectivity index (χ0n) is 15.3. The van der Waals surface area contributed by atoms with Crippen molar-refractivity contribution >= 4 is 40.0 Å². The quantitative estimate of drug-likeness (QED) is 0.180. The van der Waals surface area contributed by atoms with Crippen LogP contribution in [0.4, 0.5) is 10.1 Å². The van der Waals surface area contributed by atoms with Crippen LogP contribution in [0.2, 0.25) is 5.02 Å². The second-order valence-corrected chi connectivity index (χ2v) is 7.72. The number of fused-ring (bicyclic) bond motifs is 1. The highest BCUT2D eigenvalue weighted by Crippen LogP contribution is 2.27. The summed E-state index contributed by atoms with van der Waals surface area (Å²) in [5, 5.41) is 11.7. The summed E-state index contributed by atoms with van der Waals surface area (Å²) >= 11 is 7.17. The standard InChI is InChI=1S/C21H13ClFN3O3S/c22-17-11-14(8-9-18(17)23)25-20(27)16-6-1-2-7-19(16)24-21(25)30-12-13-4-3-5-15(10-13)26(28)29/h1-11H,12H2. The van der Waals surface area contributed by atoms with E-state index in [1.165, 1.54) is 46.7 Å². The monoisotopic (exact) mass is 441 g/mol. The maximum atomic E-state index is 13.6. The first-order valence-electron chi connectivity index (χ1n) is 8.77. The highest BCUT2D eigenvalue weighted by atomic mass is 35.5. The van der Waals surface area contributed by atoms with Gasteiger partial charge in [0, 0.05) is 17.9 Å². The number of benzene rings is 3. The first kappa shape index (κ1) is 20.1. The fourth-order valence-electron chi connectivity index (χ4n) is 2.97. The summed E-state index contributed by atoms with van der Waals surface area (Å²) in [6.07, 6.45) is 0. The molecule has 6 nitrogen and oxygen atoms in total. The van der Waals surface area contributed by atoms with Gasteiger partial charge in [-0.25, -0.2) is 9.37 Å². The first-order chi connectivity index (χ1) is 14.4. The highest BCUT2D eigenvalue weighted by Gasteiger charge is 2.15. The molecule has 0 aliphatic rings. The van der Waals surface area contributed by atoms with E-state index in [2.05, 4.69) is 4.98 Å². The summed E-state index contributed by atoms with van der Waals surface area (Å²) in [5.74, 6) is -0.241. The first-order valence-corrected chi connectivity index (χ1v) is 10.1. The van der Waals surface area contributed by atoms with E-state index in [1.54, 1.807) is 36.4 Å². The predicted molar refractivity (Wildman–Crippen MR) is 115 cm³/mol. The molecular formula is C21H13ClFN3O3S. The molecule has 0 spiro atoms. The Hall–Kier alpha value is -3.23. The number of hydrogen-bond acceptors (Lipinski definition) is 5. The highest BCUT2D eigenvalue weighted by molar-refractivity contribution is 7.98. The molecule has 0 atom stereocenters. The molecule has 0 fully saturated rings. The van der Waals surface area contributed by atoms with Gasteiger partial charge in [0.2, 0.25) is 0 Å². The number of thioether (sulfide) groups is 1. The minimum Gasteiger partial charge on any atom is -0.268 e. The van der Waals surface area contributed by atoms with Crippen molar-refractivity contribution in [1.82, 2.24) is 9.55 Å². The maximum absolute atomic E-state index is 13.6. The fourth-order valence-corrected chi connectivity index (χ4v) is 4.10. The Bertz CT molecular complexity index is 1340. The van der Waals surface area contributed by atoms with E-state index in [9.17, 15) is 19.3 Å². The normalized spacial score (nSPS) is 11.0. The third kappa shape index (κ3) is 3.92. The number of nitro benzene ring substituents is 1. The molecule has 0 saturated carbocycles. The van der Waals surface area contributed by atoms with Crippen molar-refractivity contribution in [2.24, 2.45) is 0 Å². The molecule has 4 rings (SSSR count). The van der Waals surface area contributed by atoms with Crippen LogP contribution in [0.3, 0.4) is 0 Å². The van der Waals surface area contributed by atoms with Gasteiger partial charge in [-0.2, -0.15) is 0 Å².